The monoisotopic (exact) mass is 607 g/mol. The fraction of sp³-hybridized carbons (Fsp3) is 0.321. The molecule has 3 aromatic rings. The van der Waals surface area contributed by atoms with E-state index < -0.39 is 17.4 Å². The summed E-state index contributed by atoms with van der Waals surface area (Å²) in [4.78, 5) is 7.96. The first kappa shape index (κ1) is 28.8. The SMILES string of the molecule is COc1cc2c(cc1SCCCN1CCOCC1)NC=NC2(Nc1ccc(Cl)cc1F)Nc1ccc(Cl)cc1F. The third-order valence-corrected chi connectivity index (χ3v) is 8.24. The molecule has 0 saturated carbocycles. The fourth-order valence-electron chi connectivity index (χ4n) is 4.62. The van der Waals surface area contributed by atoms with Crippen LogP contribution in [0.3, 0.4) is 0 Å². The van der Waals surface area contributed by atoms with Crippen molar-refractivity contribution in [1.29, 1.82) is 0 Å². The molecule has 7 nitrogen and oxygen atoms in total. The van der Waals surface area contributed by atoms with Crippen LogP contribution in [0.2, 0.25) is 10.0 Å². The van der Waals surface area contributed by atoms with Gasteiger partial charge in [-0.25, -0.2) is 13.8 Å². The number of nitrogens with one attached hydrogen (secondary N) is 3. The topological polar surface area (TPSA) is 70.2 Å². The second-order valence-corrected chi connectivity index (χ2v) is 11.3. The van der Waals surface area contributed by atoms with Gasteiger partial charge in [0.2, 0.25) is 5.79 Å². The maximum atomic E-state index is 15.0. The first-order chi connectivity index (χ1) is 19.4. The number of benzene rings is 3. The minimum Gasteiger partial charge on any atom is -0.496 e. The van der Waals surface area contributed by atoms with Crippen LogP contribution >= 0.6 is 35.0 Å². The molecule has 0 unspecified atom stereocenters. The van der Waals surface area contributed by atoms with E-state index in [-0.39, 0.29) is 21.4 Å². The van der Waals surface area contributed by atoms with Gasteiger partial charge in [0.25, 0.3) is 0 Å². The van der Waals surface area contributed by atoms with Crippen molar-refractivity contribution < 1.29 is 18.3 Å². The number of anilines is 3. The van der Waals surface area contributed by atoms with Gasteiger partial charge in [-0.15, -0.1) is 11.8 Å². The van der Waals surface area contributed by atoms with Gasteiger partial charge in [0.05, 0.1) is 48.6 Å². The molecule has 2 aliphatic rings. The van der Waals surface area contributed by atoms with Crippen LogP contribution in [0.1, 0.15) is 12.0 Å². The maximum absolute atomic E-state index is 15.0. The van der Waals surface area contributed by atoms with E-state index in [1.165, 1.54) is 30.6 Å². The molecule has 0 atom stereocenters. The van der Waals surface area contributed by atoms with Crippen LogP contribution in [0.5, 0.6) is 5.75 Å². The van der Waals surface area contributed by atoms with Crippen LogP contribution < -0.4 is 20.7 Å². The van der Waals surface area contributed by atoms with E-state index in [0.29, 0.717) is 17.0 Å². The minimum absolute atomic E-state index is 0.122. The molecule has 2 heterocycles. The van der Waals surface area contributed by atoms with Gasteiger partial charge in [-0.2, -0.15) is 0 Å². The van der Waals surface area contributed by atoms with E-state index in [2.05, 4.69) is 25.8 Å². The van der Waals surface area contributed by atoms with Crippen LogP contribution in [0.4, 0.5) is 25.8 Å². The fourth-order valence-corrected chi connectivity index (χ4v) is 5.91. The van der Waals surface area contributed by atoms with Crippen LogP contribution in [-0.2, 0) is 10.5 Å². The van der Waals surface area contributed by atoms with Gasteiger partial charge in [-0.05, 0) is 67.2 Å². The Morgan fingerprint density at radius 2 is 1.68 bits per heavy atom. The first-order valence-electron chi connectivity index (χ1n) is 12.8. The Morgan fingerprint density at radius 3 is 2.27 bits per heavy atom. The summed E-state index contributed by atoms with van der Waals surface area (Å²) in [6, 6.07) is 12.3. The number of methoxy groups -OCH3 is 1. The van der Waals surface area contributed by atoms with Gasteiger partial charge in [-0.3, -0.25) is 4.90 Å². The number of fused-ring (bicyclic) bond motifs is 1. The molecule has 0 radical (unpaired) electrons. The highest BCUT2D eigenvalue weighted by Gasteiger charge is 2.38. The lowest BCUT2D eigenvalue weighted by atomic mass is 10.0. The Kier molecular flexibility index (Phi) is 9.22. The predicted octanol–water partition coefficient (Wildman–Crippen LogP) is 6.88. The summed E-state index contributed by atoms with van der Waals surface area (Å²) >= 11 is 13.7. The van der Waals surface area contributed by atoms with Crippen molar-refractivity contribution in [2.75, 3.05) is 61.7 Å². The van der Waals surface area contributed by atoms with Crippen molar-refractivity contribution in [3.8, 4) is 5.75 Å². The third kappa shape index (κ3) is 6.58. The van der Waals surface area contributed by atoms with E-state index in [4.69, 9.17) is 32.7 Å². The molecule has 40 heavy (non-hydrogen) atoms. The summed E-state index contributed by atoms with van der Waals surface area (Å²) in [7, 11) is 1.60. The van der Waals surface area contributed by atoms with Gasteiger partial charge in [0, 0.05) is 28.7 Å². The Balaban J connectivity index is 1.46. The lowest BCUT2D eigenvalue weighted by molar-refractivity contribution is 0.0381. The van der Waals surface area contributed by atoms with Gasteiger partial charge in [-0.1, -0.05) is 23.2 Å². The lowest BCUT2D eigenvalue weighted by Crippen LogP contribution is -2.44. The van der Waals surface area contributed by atoms with Crippen molar-refractivity contribution in [2.45, 2.75) is 17.1 Å². The van der Waals surface area contributed by atoms with E-state index in [0.717, 1.165) is 49.9 Å². The van der Waals surface area contributed by atoms with Crippen molar-refractivity contribution in [3.63, 3.8) is 0 Å². The molecule has 1 saturated heterocycles. The predicted molar refractivity (Wildman–Crippen MR) is 159 cm³/mol. The third-order valence-electron chi connectivity index (χ3n) is 6.65. The van der Waals surface area contributed by atoms with Crippen molar-refractivity contribution in [1.82, 2.24) is 4.90 Å². The van der Waals surface area contributed by atoms with Crippen molar-refractivity contribution >= 4 is 58.4 Å². The van der Waals surface area contributed by atoms with Crippen LogP contribution in [-0.4, -0.2) is 56.9 Å². The summed E-state index contributed by atoms with van der Waals surface area (Å²) in [5.41, 5.74) is 1.53. The summed E-state index contributed by atoms with van der Waals surface area (Å²) in [5.74, 6) is -1.15. The van der Waals surface area contributed by atoms with Gasteiger partial charge >= 0.3 is 0 Å². The molecule has 1 fully saturated rings. The molecule has 3 aromatic carbocycles. The van der Waals surface area contributed by atoms with Gasteiger partial charge in [0.15, 0.2) is 0 Å². The zero-order chi connectivity index (χ0) is 28.1. The number of morpholine rings is 1. The molecule has 2 aliphatic heterocycles. The lowest BCUT2D eigenvalue weighted by Gasteiger charge is -2.38. The number of aliphatic imine (C=N–C) groups is 1. The maximum Gasteiger partial charge on any atom is 0.236 e. The van der Waals surface area contributed by atoms with Crippen LogP contribution in [0.25, 0.3) is 0 Å². The highest BCUT2D eigenvalue weighted by molar-refractivity contribution is 7.99. The molecule has 0 aliphatic carbocycles. The largest absolute Gasteiger partial charge is 0.496 e. The second-order valence-electron chi connectivity index (χ2n) is 9.32. The molecule has 212 valence electrons. The van der Waals surface area contributed by atoms with Crippen LogP contribution in [0.15, 0.2) is 58.4 Å². The van der Waals surface area contributed by atoms with Crippen LogP contribution in [0, 0.1) is 11.6 Å². The molecule has 3 N–H and O–H groups in total. The molecule has 0 spiro atoms. The van der Waals surface area contributed by atoms with Crippen molar-refractivity contribution in [2.24, 2.45) is 4.99 Å². The number of ether oxygens (including phenoxy) is 2. The van der Waals surface area contributed by atoms with Gasteiger partial charge < -0.3 is 25.4 Å². The molecular weight excluding hydrogens is 579 g/mol. The highest BCUT2D eigenvalue weighted by Crippen LogP contribution is 2.43. The molecular formula is C28H29Cl2F2N5O2S. The average Bonchev–Trinajstić information content (AvgIpc) is 2.94. The average molecular weight is 609 g/mol. The molecule has 0 amide bonds. The quantitative estimate of drug-likeness (QED) is 0.132. The Hall–Kier alpha value is -2.76. The first-order valence-corrected chi connectivity index (χ1v) is 14.5. The van der Waals surface area contributed by atoms with Gasteiger partial charge in [0.1, 0.15) is 17.4 Å². The Bertz CT molecular complexity index is 1340. The van der Waals surface area contributed by atoms with E-state index in [1.54, 1.807) is 31.0 Å². The second kappa shape index (κ2) is 12.8. The highest BCUT2D eigenvalue weighted by atomic mass is 35.5. The molecule has 12 heteroatoms. The Labute approximate surface area is 246 Å². The number of hydrogen-bond acceptors (Lipinski definition) is 8. The molecule has 0 aromatic heterocycles. The van der Waals surface area contributed by atoms with E-state index in [1.807, 2.05) is 12.1 Å². The summed E-state index contributed by atoms with van der Waals surface area (Å²) < 4.78 is 41.1. The molecule has 5 rings (SSSR count). The zero-order valence-corrected chi connectivity index (χ0v) is 24.1. The normalized spacial score (nSPS) is 16.2. The summed E-state index contributed by atoms with van der Waals surface area (Å²) in [6.45, 7) is 4.48. The van der Waals surface area contributed by atoms with Crippen molar-refractivity contribution in [3.05, 3.63) is 75.8 Å². The van der Waals surface area contributed by atoms with E-state index >= 15 is 0 Å². The number of hydrogen-bond donors (Lipinski definition) is 3. The summed E-state index contributed by atoms with van der Waals surface area (Å²) in [6.07, 6.45) is 2.50. The molecule has 0 bridgehead atoms. The minimum atomic E-state index is -1.50. The smallest absolute Gasteiger partial charge is 0.236 e. The number of halogens is 4. The number of thioether (sulfide) groups is 1. The Morgan fingerprint density at radius 1 is 1.02 bits per heavy atom. The number of rotatable bonds is 10. The number of nitrogens with zero attached hydrogens (tertiary/aromatic N) is 2. The van der Waals surface area contributed by atoms with E-state index in [9.17, 15) is 8.78 Å². The summed E-state index contributed by atoms with van der Waals surface area (Å²) in [5, 5.41) is 9.95. The zero-order valence-electron chi connectivity index (χ0n) is 21.8. The standard InChI is InChI=1S/C28H29Cl2F2N5O2S/c1-38-26-15-20-25(16-27(26)40-12-2-7-37-8-10-39-11-9-37)33-17-34-28(20,35-23-5-3-18(29)13-21(23)31)36-24-6-4-19(30)14-22(24)32/h3-6,13-17,35-36H,2,7-12H2,1H3,(H,33,34).